The van der Waals surface area contributed by atoms with Gasteiger partial charge in [-0.05, 0) is 80.3 Å². The first-order valence-electron chi connectivity index (χ1n) is 7.72. The van der Waals surface area contributed by atoms with Gasteiger partial charge in [0.1, 0.15) is 0 Å². The van der Waals surface area contributed by atoms with Crippen LogP contribution in [0.15, 0.2) is 0 Å². The van der Waals surface area contributed by atoms with Gasteiger partial charge in [0.15, 0.2) is 11.5 Å². The number of benzene rings is 2. The first kappa shape index (κ1) is 15.0. The summed E-state index contributed by atoms with van der Waals surface area (Å²) in [5.41, 5.74) is 10.4. The van der Waals surface area contributed by atoms with Crippen molar-refractivity contribution in [3.05, 3.63) is 44.5 Å². The van der Waals surface area contributed by atoms with Crippen molar-refractivity contribution >= 4 is 22.3 Å². The van der Waals surface area contributed by atoms with Crippen LogP contribution in [-0.4, -0.2) is 14.2 Å². The van der Waals surface area contributed by atoms with Gasteiger partial charge in [0.05, 0.1) is 14.2 Å². The molecule has 3 rings (SSSR count). The predicted octanol–water partition coefficient (Wildman–Crippen LogP) is 5.12. The molecule has 116 valence electrons. The molecule has 0 saturated carbocycles. The first-order chi connectivity index (χ1) is 10.4. The highest BCUT2D eigenvalue weighted by Gasteiger charge is 2.32. The molecule has 0 spiro atoms. The Balaban J connectivity index is 2.69. The van der Waals surface area contributed by atoms with Crippen LogP contribution in [0.1, 0.15) is 44.5 Å². The lowest BCUT2D eigenvalue weighted by molar-refractivity contribution is 0.331. The summed E-state index contributed by atoms with van der Waals surface area (Å²) < 4.78 is 11.5. The molecule has 0 aliphatic heterocycles. The molecule has 2 heteroatoms. The van der Waals surface area contributed by atoms with E-state index >= 15 is 0 Å². The number of methoxy groups -OCH3 is 2. The second-order valence-electron chi connectivity index (χ2n) is 6.32. The van der Waals surface area contributed by atoms with Crippen molar-refractivity contribution in [2.75, 3.05) is 14.2 Å². The van der Waals surface area contributed by atoms with Gasteiger partial charge in [-0.25, -0.2) is 0 Å². The van der Waals surface area contributed by atoms with E-state index in [-0.39, 0.29) is 0 Å². The Morgan fingerprint density at radius 2 is 0.818 bits per heavy atom. The largest absolute Gasteiger partial charge is 0.492 e. The van der Waals surface area contributed by atoms with Crippen molar-refractivity contribution in [1.29, 1.82) is 0 Å². The van der Waals surface area contributed by atoms with E-state index in [0.717, 1.165) is 11.5 Å². The summed E-state index contributed by atoms with van der Waals surface area (Å²) in [4.78, 5) is 0. The fourth-order valence-electron chi connectivity index (χ4n) is 3.90. The van der Waals surface area contributed by atoms with Gasteiger partial charge >= 0.3 is 0 Å². The average Bonchev–Trinajstić information content (AvgIpc) is 2.84. The zero-order valence-electron chi connectivity index (χ0n) is 14.8. The third-order valence-corrected chi connectivity index (χ3v) is 5.57. The van der Waals surface area contributed by atoms with Crippen LogP contribution in [0.25, 0.3) is 22.3 Å². The molecule has 1 aliphatic rings. The van der Waals surface area contributed by atoms with E-state index in [1.807, 2.05) is 0 Å². The van der Waals surface area contributed by atoms with Crippen LogP contribution in [0.4, 0.5) is 0 Å². The Kier molecular flexibility index (Phi) is 3.24. The molecular formula is C20H24O2. The first-order valence-corrected chi connectivity index (χ1v) is 7.72. The standard InChI is InChI=1S/C20H24O2/c1-9-11(3)15-12(4)10(2)14(6)17-18(15)16(13(9)5)19(21-7)20(17)22-8/h1-8H3. The predicted molar refractivity (Wildman–Crippen MR) is 93.2 cm³/mol. The van der Waals surface area contributed by atoms with E-state index in [9.17, 15) is 0 Å². The Hall–Kier alpha value is -1.96. The maximum Gasteiger partial charge on any atom is 0.169 e. The lowest BCUT2D eigenvalue weighted by atomic mass is 9.85. The summed E-state index contributed by atoms with van der Waals surface area (Å²) in [6.45, 7) is 13.2. The van der Waals surface area contributed by atoms with Crippen molar-refractivity contribution < 1.29 is 9.47 Å². The van der Waals surface area contributed by atoms with Gasteiger partial charge in [0.25, 0.3) is 0 Å². The third kappa shape index (κ3) is 1.55. The van der Waals surface area contributed by atoms with Gasteiger partial charge in [0, 0.05) is 16.5 Å². The van der Waals surface area contributed by atoms with Gasteiger partial charge in [-0.15, -0.1) is 0 Å². The van der Waals surface area contributed by atoms with Gasteiger partial charge in [0.2, 0.25) is 0 Å². The molecule has 0 N–H and O–H groups in total. The summed E-state index contributed by atoms with van der Waals surface area (Å²) in [7, 11) is 3.46. The summed E-state index contributed by atoms with van der Waals surface area (Å²) >= 11 is 0. The van der Waals surface area contributed by atoms with Crippen molar-refractivity contribution in [1.82, 2.24) is 0 Å². The maximum absolute atomic E-state index is 5.75. The molecular weight excluding hydrogens is 272 g/mol. The number of ether oxygens (including phenoxy) is 2. The molecule has 22 heavy (non-hydrogen) atoms. The van der Waals surface area contributed by atoms with E-state index in [2.05, 4.69) is 41.5 Å². The molecule has 0 fully saturated rings. The van der Waals surface area contributed by atoms with Crippen LogP contribution in [0.3, 0.4) is 0 Å². The number of hydrogen-bond acceptors (Lipinski definition) is 2. The van der Waals surface area contributed by atoms with E-state index in [1.165, 1.54) is 55.3 Å². The molecule has 0 atom stereocenters. The van der Waals surface area contributed by atoms with E-state index in [4.69, 9.17) is 9.47 Å². The topological polar surface area (TPSA) is 18.5 Å². The van der Waals surface area contributed by atoms with Gasteiger partial charge in [-0.2, -0.15) is 0 Å². The molecule has 0 radical (unpaired) electrons. The fraction of sp³-hybridized carbons (Fsp3) is 0.400. The van der Waals surface area contributed by atoms with Crippen molar-refractivity contribution in [2.24, 2.45) is 0 Å². The van der Waals surface area contributed by atoms with E-state index in [1.54, 1.807) is 14.2 Å². The fourth-order valence-corrected chi connectivity index (χ4v) is 3.90. The lowest BCUT2D eigenvalue weighted by Gasteiger charge is -2.19. The second kappa shape index (κ2) is 4.77. The van der Waals surface area contributed by atoms with E-state index in [0.29, 0.717) is 0 Å². The summed E-state index contributed by atoms with van der Waals surface area (Å²) in [5.74, 6) is 1.74. The summed E-state index contributed by atoms with van der Waals surface area (Å²) in [6.07, 6.45) is 0. The van der Waals surface area contributed by atoms with Gasteiger partial charge < -0.3 is 9.47 Å². The Labute approximate surface area is 132 Å². The highest BCUT2D eigenvalue weighted by Crippen LogP contribution is 2.49. The summed E-state index contributed by atoms with van der Waals surface area (Å²) in [5, 5.41) is 2.66. The molecule has 0 unspecified atom stereocenters. The normalized spacial score (nSPS) is 13.3. The van der Waals surface area contributed by atoms with Crippen LogP contribution in [0.2, 0.25) is 0 Å². The molecule has 2 nitrogen and oxygen atoms in total. The molecule has 1 aliphatic carbocycles. The Morgan fingerprint density at radius 1 is 0.455 bits per heavy atom. The molecule has 0 saturated heterocycles. The number of hydrogen-bond donors (Lipinski definition) is 0. The van der Waals surface area contributed by atoms with Gasteiger partial charge in [-0.1, -0.05) is 0 Å². The average molecular weight is 296 g/mol. The number of rotatable bonds is 2. The van der Waals surface area contributed by atoms with Crippen LogP contribution in [-0.2, 0) is 9.47 Å². The summed E-state index contributed by atoms with van der Waals surface area (Å²) in [6, 6.07) is 0. The molecule has 2 aromatic carbocycles. The van der Waals surface area contributed by atoms with Crippen LogP contribution >= 0.6 is 0 Å². The SMILES string of the molecule is COC1=C(OC)c2c(C)c(C)c(C)c3c(C)c(C)c(C)c1c23. The van der Waals surface area contributed by atoms with Gasteiger partial charge in [-0.3, -0.25) is 0 Å². The van der Waals surface area contributed by atoms with Crippen LogP contribution in [0, 0.1) is 41.5 Å². The monoisotopic (exact) mass is 296 g/mol. The smallest absolute Gasteiger partial charge is 0.169 e. The molecule has 2 aromatic rings. The zero-order valence-corrected chi connectivity index (χ0v) is 14.8. The van der Waals surface area contributed by atoms with Crippen LogP contribution < -0.4 is 0 Å². The molecule has 0 heterocycles. The molecule has 0 amide bonds. The van der Waals surface area contributed by atoms with Crippen molar-refractivity contribution in [3.8, 4) is 0 Å². The third-order valence-electron chi connectivity index (χ3n) is 5.57. The highest BCUT2D eigenvalue weighted by molar-refractivity contribution is 6.14. The van der Waals surface area contributed by atoms with E-state index < -0.39 is 0 Å². The second-order valence-corrected chi connectivity index (χ2v) is 6.32. The minimum absolute atomic E-state index is 0.871. The van der Waals surface area contributed by atoms with Crippen molar-refractivity contribution in [3.63, 3.8) is 0 Å². The number of aryl methyl sites for hydroxylation is 2. The minimum atomic E-state index is 0.871. The Bertz CT molecular complexity index is 788. The maximum atomic E-state index is 5.75. The lowest BCUT2D eigenvalue weighted by Crippen LogP contribution is -2.01. The van der Waals surface area contributed by atoms with Crippen molar-refractivity contribution in [2.45, 2.75) is 41.5 Å². The molecule has 0 bridgehead atoms. The minimum Gasteiger partial charge on any atom is -0.492 e. The van der Waals surface area contributed by atoms with Crippen LogP contribution in [0.5, 0.6) is 0 Å². The zero-order chi connectivity index (χ0) is 16.3. The quantitative estimate of drug-likeness (QED) is 0.765. The Morgan fingerprint density at radius 3 is 1.14 bits per heavy atom. The highest BCUT2D eigenvalue weighted by atomic mass is 16.5. The molecule has 0 aromatic heterocycles.